The number of fused-ring (bicyclic) bond motifs is 1. The van der Waals surface area contributed by atoms with E-state index in [0.717, 1.165) is 0 Å². The zero-order chi connectivity index (χ0) is 11.9. The molecule has 2 rings (SSSR count). The fraction of sp³-hybridized carbons (Fsp3) is 0.100. The quantitative estimate of drug-likeness (QED) is 0.806. The smallest absolute Gasteiger partial charge is 0.165 e. The molecule has 16 heavy (non-hydrogen) atoms. The largest absolute Gasteiger partial charge is 0.392 e. The molecule has 1 N–H and O–H groups in total. The van der Waals surface area contributed by atoms with Gasteiger partial charge in [-0.2, -0.15) is 0 Å². The number of aliphatic hydroxyl groups excluding tert-OH is 1. The van der Waals surface area contributed by atoms with Crippen molar-refractivity contribution in [1.82, 2.24) is 4.98 Å². The highest BCUT2D eigenvalue weighted by Crippen LogP contribution is 2.35. The van der Waals surface area contributed by atoms with E-state index in [9.17, 15) is 4.39 Å². The number of aromatic nitrogens is 1. The molecule has 0 radical (unpaired) electrons. The summed E-state index contributed by atoms with van der Waals surface area (Å²) < 4.78 is 13.9. The van der Waals surface area contributed by atoms with Gasteiger partial charge in [0, 0.05) is 17.1 Å². The van der Waals surface area contributed by atoms with Crippen LogP contribution in [-0.2, 0) is 6.61 Å². The summed E-state index contributed by atoms with van der Waals surface area (Å²) in [6.07, 6.45) is 1.34. The minimum absolute atomic E-state index is 0.124. The van der Waals surface area contributed by atoms with Crippen LogP contribution in [0.4, 0.5) is 4.39 Å². The second-order valence-electron chi connectivity index (χ2n) is 3.14. The van der Waals surface area contributed by atoms with Gasteiger partial charge in [0.1, 0.15) is 5.52 Å². The molecule has 0 spiro atoms. The van der Waals surface area contributed by atoms with Gasteiger partial charge in [-0.05, 0) is 22.0 Å². The number of aliphatic hydroxyl groups is 1. The molecule has 0 aliphatic rings. The minimum Gasteiger partial charge on any atom is -0.392 e. The van der Waals surface area contributed by atoms with E-state index in [4.69, 9.17) is 28.3 Å². The van der Waals surface area contributed by atoms with Crippen molar-refractivity contribution in [2.24, 2.45) is 0 Å². The molecule has 1 aromatic carbocycles. The maximum Gasteiger partial charge on any atom is 0.165 e. The molecule has 0 saturated heterocycles. The molecule has 6 heteroatoms. The summed E-state index contributed by atoms with van der Waals surface area (Å²) in [5.74, 6) is -0.561. The molecular formula is C10H5BrCl2FNO. The molecular weight excluding hydrogens is 320 g/mol. The van der Waals surface area contributed by atoms with Gasteiger partial charge in [0.15, 0.2) is 5.82 Å². The van der Waals surface area contributed by atoms with E-state index in [1.807, 2.05) is 0 Å². The molecule has 0 saturated carbocycles. The topological polar surface area (TPSA) is 33.1 Å². The van der Waals surface area contributed by atoms with Crippen LogP contribution in [0.5, 0.6) is 0 Å². The Kier molecular flexibility index (Phi) is 3.35. The summed E-state index contributed by atoms with van der Waals surface area (Å²) in [6, 6.07) is 1.51. The molecule has 0 atom stereocenters. The zero-order valence-electron chi connectivity index (χ0n) is 7.77. The van der Waals surface area contributed by atoms with Crippen molar-refractivity contribution in [3.8, 4) is 0 Å². The van der Waals surface area contributed by atoms with Crippen molar-refractivity contribution in [2.45, 2.75) is 6.61 Å². The summed E-state index contributed by atoms with van der Waals surface area (Å²) in [5.41, 5.74) is 0.561. The van der Waals surface area contributed by atoms with E-state index in [2.05, 4.69) is 20.9 Å². The normalized spacial score (nSPS) is 11.1. The van der Waals surface area contributed by atoms with Crippen LogP contribution in [0.1, 0.15) is 5.56 Å². The predicted molar refractivity (Wildman–Crippen MR) is 65.3 cm³/mol. The van der Waals surface area contributed by atoms with Crippen LogP contribution in [0.2, 0.25) is 10.0 Å². The van der Waals surface area contributed by atoms with Crippen LogP contribution in [0.3, 0.4) is 0 Å². The monoisotopic (exact) mass is 323 g/mol. The Morgan fingerprint density at radius 1 is 1.44 bits per heavy atom. The summed E-state index contributed by atoms with van der Waals surface area (Å²) in [7, 11) is 0. The lowest BCUT2D eigenvalue weighted by molar-refractivity contribution is 0.281. The average Bonchev–Trinajstić information content (AvgIpc) is 2.28. The predicted octanol–water partition coefficient (Wildman–Crippen LogP) is 3.94. The third kappa shape index (κ3) is 1.80. The van der Waals surface area contributed by atoms with Crippen molar-refractivity contribution >= 4 is 50.0 Å². The van der Waals surface area contributed by atoms with Gasteiger partial charge in [-0.3, -0.25) is 4.98 Å². The first-order chi connectivity index (χ1) is 7.56. The number of hydrogen-bond acceptors (Lipinski definition) is 2. The maximum absolute atomic E-state index is 13.8. The lowest BCUT2D eigenvalue weighted by Gasteiger charge is -2.07. The van der Waals surface area contributed by atoms with Gasteiger partial charge in [-0.25, -0.2) is 4.39 Å². The standard InChI is InChI=1S/C10H5BrCl2FNO/c11-7-6(12)1-5-8(13)4(3-16)2-15-10(5)9(7)14/h1-2,16H,3H2. The Morgan fingerprint density at radius 3 is 2.75 bits per heavy atom. The Labute approximate surface area is 109 Å². The Bertz CT molecular complexity index is 576. The van der Waals surface area contributed by atoms with Gasteiger partial charge in [0.25, 0.3) is 0 Å². The number of pyridine rings is 1. The van der Waals surface area contributed by atoms with Crippen LogP contribution >= 0.6 is 39.1 Å². The Morgan fingerprint density at radius 2 is 2.12 bits per heavy atom. The summed E-state index contributed by atoms with van der Waals surface area (Å²) >= 11 is 14.8. The van der Waals surface area contributed by atoms with Crippen molar-refractivity contribution in [3.05, 3.63) is 38.2 Å². The fourth-order valence-corrected chi connectivity index (χ4v) is 2.11. The van der Waals surface area contributed by atoms with Crippen LogP contribution in [-0.4, -0.2) is 10.1 Å². The van der Waals surface area contributed by atoms with E-state index >= 15 is 0 Å². The average molecular weight is 325 g/mol. The van der Waals surface area contributed by atoms with Gasteiger partial charge in [0.2, 0.25) is 0 Å². The molecule has 84 valence electrons. The Hall–Kier alpha value is -0.420. The molecule has 2 aromatic rings. The summed E-state index contributed by atoms with van der Waals surface area (Å²) in [6.45, 7) is -0.253. The first-order valence-corrected chi connectivity index (χ1v) is 5.82. The Balaban J connectivity index is 2.90. The fourth-order valence-electron chi connectivity index (χ4n) is 1.36. The molecule has 0 amide bonds. The molecule has 1 heterocycles. The van der Waals surface area contributed by atoms with E-state index in [-0.39, 0.29) is 26.6 Å². The van der Waals surface area contributed by atoms with Crippen molar-refractivity contribution in [3.63, 3.8) is 0 Å². The number of nitrogens with zero attached hydrogens (tertiary/aromatic N) is 1. The molecule has 2 nitrogen and oxygen atoms in total. The second kappa shape index (κ2) is 4.45. The van der Waals surface area contributed by atoms with Crippen molar-refractivity contribution in [1.29, 1.82) is 0 Å². The number of hydrogen-bond donors (Lipinski definition) is 1. The van der Waals surface area contributed by atoms with Crippen LogP contribution < -0.4 is 0 Å². The third-order valence-electron chi connectivity index (χ3n) is 2.17. The molecule has 0 aliphatic heterocycles. The first-order valence-electron chi connectivity index (χ1n) is 4.27. The van der Waals surface area contributed by atoms with E-state index < -0.39 is 5.82 Å². The van der Waals surface area contributed by atoms with Gasteiger partial charge in [-0.1, -0.05) is 23.2 Å². The molecule has 0 bridgehead atoms. The number of halogens is 4. The van der Waals surface area contributed by atoms with E-state index in [0.29, 0.717) is 10.9 Å². The first kappa shape index (κ1) is 12.0. The summed E-state index contributed by atoms with van der Waals surface area (Å²) in [5, 5.41) is 9.88. The summed E-state index contributed by atoms with van der Waals surface area (Å²) in [4.78, 5) is 3.91. The number of rotatable bonds is 1. The molecule has 0 aliphatic carbocycles. The molecule has 1 aromatic heterocycles. The van der Waals surface area contributed by atoms with Crippen LogP contribution in [0.15, 0.2) is 16.7 Å². The maximum atomic E-state index is 13.8. The molecule has 0 unspecified atom stereocenters. The highest BCUT2D eigenvalue weighted by molar-refractivity contribution is 9.10. The van der Waals surface area contributed by atoms with Crippen molar-refractivity contribution in [2.75, 3.05) is 0 Å². The zero-order valence-corrected chi connectivity index (χ0v) is 10.9. The highest BCUT2D eigenvalue weighted by atomic mass is 79.9. The van der Waals surface area contributed by atoms with Gasteiger partial charge in [-0.15, -0.1) is 0 Å². The lowest BCUT2D eigenvalue weighted by atomic mass is 10.1. The SMILES string of the molecule is OCc1cnc2c(F)c(Br)c(Cl)cc2c1Cl. The van der Waals surface area contributed by atoms with Crippen molar-refractivity contribution < 1.29 is 9.50 Å². The van der Waals surface area contributed by atoms with Gasteiger partial charge in [0.05, 0.1) is 21.1 Å². The van der Waals surface area contributed by atoms with E-state index in [1.165, 1.54) is 12.3 Å². The van der Waals surface area contributed by atoms with Gasteiger partial charge < -0.3 is 5.11 Å². The third-order valence-corrected chi connectivity index (χ3v) is 3.92. The van der Waals surface area contributed by atoms with Gasteiger partial charge >= 0.3 is 0 Å². The molecule has 0 fully saturated rings. The second-order valence-corrected chi connectivity index (χ2v) is 4.72. The highest BCUT2D eigenvalue weighted by Gasteiger charge is 2.15. The minimum atomic E-state index is -0.561. The number of benzene rings is 1. The van der Waals surface area contributed by atoms with E-state index in [1.54, 1.807) is 0 Å². The lowest BCUT2D eigenvalue weighted by Crippen LogP contribution is -1.93. The van der Waals surface area contributed by atoms with Crippen LogP contribution in [0.25, 0.3) is 10.9 Å². The van der Waals surface area contributed by atoms with Crippen LogP contribution in [0, 0.1) is 5.82 Å².